The van der Waals surface area contributed by atoms with E-state index in [0.29, 0.717) is 0 Å². The van der Waals surface area contributed by atoms with Gasteiger partial charge in [-0.2, -0.15) is 0 Å². The molecule has 2 saturated heterocycles. The van der Waals surface area contributed by atoms with Crippen LogP contribution in [0.3, 0.4) is 0 Å². The number of rotatable bonds is 5. The quantitative estimate of drug-likeness (QED) is 0.740. The normalized spacial score (nSPS) is 26.0. The second-order valence-corrected chi connectivity index (χ2v) is 6.74. The Bertz CT molecular complexity index is 225. The Morgan fingerprint density at radius 1 is 0.889 bits per heavy atom. The predicted molar refractivity (Wildman–Crippen MR) is 78.9 cm³/mol. The van der Waals surface area contributed by atoms with Crippen LogP contribution >= 0.6 is 0 Å². The largest absolute Gasteiger partial charge is 0.301 e. The van der Waals surface area contributed by atoms with E-state index in [1.165, 1.54) is 64.7 Å². The summed E-state index contributed by atoms with van der Waals surface area (Å²) in [5.41, 5.74) is 0. The Morgan fingerprint density at radius 3 is 2.06 bits per heavy atom. The maximum atomic E-state index is 2.70. The van der Waals surface area contributed by atoms with E-state index in [-0.39, 0.29) is 0 Å². The highest BCUT2D eigenvalue weighted by molar-refractivity contribution is 4.78. The Balaban J connectivity index is 1.62. The lowest BCUT2D eigenvalue weighted by molar-refractivity contribution is 0.137. The van der Waals surface area contributed by atoms with Gasteiger partial charge in [0, 0.05) is 12.1 Å². The van der Waals surface area contributed by atoms with Crippen LogP contribution in [-0.2, 0) is 0 Å². The fourth-order valence-electron chi connectivity index (χ4n) is 3.60. The Hall–Kier alpha value is -0.0800. The van der Waals surface area contributed by atoms with Crippen molar-refractivity contribution in [1.29, 1.82) is 0 Å². The molecule has 0 saturated carbocycles. The summed E-state index contributed by atoms with van der Waals surface area (Å²) in [4.78, 5) is 5.34. The molecule has 0 radical (unpaired) electrons. The summed E-state index contributed by atoms with van der Waals surface area (Å²) in [6, 6.07) is 1.57. The van der Waals surface area contributed by atoms with Crippen molar-refractivity contribution in [2.45, 2.75) is 71.4 Å². The van der Waals surface area contributed by atoms with E-state index < -0.39 is 0 Å². The van der Waals surface area contributed by atoms with Crippen LogP contribution in [0.25, 0.3) is 0 Å². The second kappa shape index (κ2) is 6.91. The van der Waals surface area contributed by atoms with Gasteiger partial charge < -0.3 is 9.80 Å². The second-order valence-electron chi connectivity index (χ2n) is 6.74. The van der Waals surface area contributed by atoms with Gasteiger partial charge >= 0.3 is 0 Å². The van der Waals surface area contributed by atoms with Gasteiger partial charge in [0.15, 0.2) is 0 Å². The third kappa shape index (κ3) is 3.96. The van der Waals surface area contributed by atoms with Gasteiger partial charge in [-0.3, -0.25) is 0 Å². The topological polar surface area (TPSA) is 6.48 Å². The lowest BCUT2D eigenvalue weighted by Gasteiger charge is -2.35. The van der Waals surface area contributed by atoms with Crippen LogP contribution in [0.4, 0.5) is 0 Å². The molecule has 2 aliphatic heterocycles. The van der Waals surface area contributed by atoms with Crippen molar-refractivity contribution in [3.05, 3.63) is 0 Å². The molecule has 18 heavy (non-hydrogen) atoms. The Labute approximate surface area is 114 Å². The van der Waals surface area contributed by atoms with Crippen molar-refractivity contribution >= 4 is 0 Å². The van der Waals surface area contributed by atoms with Crippen LogP contribution in [0.15, 0.2) is 0 Å². The summed E-state index contributed by atoms with van der Waals surface area (Å²) < 4.78 is 0. The fourth-order valence-corrected chi connectivity index (χ4v) is 3.60. The molecule has 2 aliphatic rings. The molecule has 2 fully saturated rings. The first-order chi connectivity index (χ1) is 8.66. The predicted octanol–water partition coefficient (Wildman–Crippen LogP) is 3.37. The first-order valence-corrected chi connectivity index (χ1v) is 8.15. The highest BCUT2D eigenvalue weighted by atomic mass is 15.2. The van der Waals surface area contributed by atoms with E-state index >= 15 is 0 Å². The van der Waals surface area contributed by atoms with Crippen LogP contribution in [-0.4, -0.2) is 48.1 Å². The summed E-state index contributed by atoms with van der Waals surface area (Å²) in [6.07, 6.45) is 8.61. The maximum absolute atomic E-state index is 2.70. The van der Waals surface area contributed by atoms with Gasteiger partial charge in [-0.25, -0.2) is 0 Å². The lowest BCUT2D eigenvalue weighted by Crippen LogP contribution is -2.39. The number of hydrogen-bond donors (Lipinski definition) is 0. The van der Waals surface area contributed by atoms with E-state index in [1.54, 1.807) is 0 Å². The highest BCUT2D eigenvalue weighted by Crippen LogP contribution is 2.25. The molecular weight excluding hydrogens is 220 g/mol. The van der Waals surface area contributed by atoms with E-state index in [0.717, 1.165) is 18.0 Å². The third-order valence-corrected chi connectivity index (χ3v) is 5.14. The summed E-state index contributed by atoms with van der Waals surface area (Å²) >= 11 is 0. The molecule has 0 amide bonds. The van der Waals surface area contributed by atoms with Crippen molar-refractivity contribution in [2.75, 3.05) is 26.2 Å². The molecule has 1 unspecified atom stereocenters. The van der Waals surface area contributed by atoms with Crippen molar-refractivity contribution in [1.82, 2.24) is 9.80 Å². The number of likely N-dealkylation sites (tertiary alicyclic amines) is 2. The Kier molecular flexibility index (Phi) is 5.50. The van der Waals surface area contributed by atoms with Gasteiger partial charge in [-0.1, -0.05) is 0 Å². The van der Waals surface area contributed by atoms with E-state index in [1.807, 2.05) is 0 Å². The van der Waals surface area contributed by atoms with Crippen LogP contribution < -0.4 is 0 Å². The molecular formula is C16H32N2. The molecule has 2 heterocycles. The SMILES string of the molecule is CC(C)N1CCC(CCC(C)N2CCCC2)CC1. The zero-order valence-corrected chi connectivity index (χ0v) is 12.7. The maximum Gasteiger partial charge on any atom is 0.00670 e. The minimum Gasteiger partial charge on any atom is -0.301 e. The number of hydrogen-bond acceptors (Lipinski definition) is 2. The van der Waals surface area contributed by atoms with Crippen LogP contribution in [0.2, 0.25) is 0 Å². The van der Waals surface area contributed by atoms with E-state index in [2.05, 4.69) is 30.6 Å². The monoisotopic (exact) mass is 252 g/mol. The number of piperidine rings is 1. The van der Waals surface area contributed by atoms with E-state index in [9.17, 15) is 0 Å². The lowest BCUT2D eigenvalue weighted by atomic mass is 9.90. The van der Waals surface area contributed by atoms with Gasteiger partial charge in [0.1, 0.15) is 0 Å². The van der Waals surface area contributed by atoms with Crippen molar-refractivity contribution in [3.8, 4) is 0 Å². The molecule has 0 aromatic carbocycles. The molecule has 0 bridgehead atoms. The molecule has 0 aromatic rings. The van der Waals surface area contributed by atoms with Crippen molar-refractivity contribution < 1.29 is 0 Å². The molecule has 0 aromatic heterocycles. The average molecular weight is 252 g/mol. The van der Waals surface area contributed by atoms with Gasteiger partial charge in [0.05, 0.1) is 0 Å². The summed E-state index contributed by atoms with van der Waals surface area (Å²) in [6.45, 7) is 12.5. The molecule has 2 nitrogen and oxygen atoms in total. The molecule has 2 heteroatoms. The summed E-state index contributed by atoms with van der Waals surface area (Å²) in [5, 5.41) is 0. The molecule has 2 rings (SSSR count). The molecule has 1 atom stereocenters. The van der Waals surface area contributed by atoms with Crippen LogP contribution in [0.1, 0.15) is 59.3 Å². The van der Waals surface area contributed by atoms with Crippen LogP contribution in [0.5, 0.6) is 0 Å². The van der Waals surface area contributed by atoms with E-state index in [4.69, 9.17) is 0 Å². The minimum absolute atomic E-state index is 0.745. The van der Waals surface area contributed by atoms with Gasteiger partial charge in [-0.15, -0.1) is 0 Å². The van der Waals surface area contributed by atoms with Crippen molar-refractivity contribution in [3.63, 3.8) is 0 Å². The first-order valence-electron chi connectivity index (χ1n) is 8.15. The smallest absolute Gasteiger partial charge is 0.00670 e. The highest BCUT2D eigenvalue weighted by Gasteiger charge is 2.23. The zero-order chi connectivity index (χ0) is 13.0. The molecule has 0 N–H and O–H groups in total. The third-order valence-electron chi connectivity index (χ3n) is 5.14. The molecule has 0 spiro atoms. The molecule has 106 valence electrons. The standard InChI is InChI=1S/C16H32N2/c1-14(2)17-12-8-16(9-13-17)7-6-15(3)18-10-4-5-11-18/h14-16H,4-13H2,1-3H3. The van der Waals surface area contributed by atoms with Gasteiger partial charge in [0.2, 0.25) is 0 Å². The number of nitrogens with zero attached hydrogens (tertiary/aromatic N) is 2. The minimum atomic E-state index is 0.745. The summed E-state index contributed by atoms with van der Waals surface area (Å²) in [7, 11) is 0. The Morgan fingerprint density at radius 2 is 1.50 bits per heavy atom. The fraction of sp³-hybridized carbons (Fsp3) is 1.00. The van der Waals surface area contributed by atoms with Crippen LogP contribution in [0, 0.1) is 5.92 Å². The molecule has 0 aliphatic carbocycles. The van der Waals surface area contributed by atoms with Gasteiger partial charge in [0.25, 0.3) is 0 Å². The first kappa shape index (κ1) is 14.3. The zero-order valence-electron chi connectivity index (χ0n) is 12.7. The average Bonchev–Trinajstić information content (AvgIpc) is 2.90. The summed E-state index contributed by atoms with van der Waals surface area (Å²) in [5.74, 6) is 1.00. The van der Waals surface area contributed by atoms with Crippen molar-refractivity contribution in [2.24, 2.45) is 5.92 Å². The van der Waals surface area contributed by atoms with Gasteiger partial charge in [-0.05, 0) is 91.4 Å².